The van der Waals surface area contributed by atoms with Crippen molar-refractivity contribution >= 4 is 33.4 Å². The topological polar surface area (TPSA) is 20.3 Å². The molecule has 0 aliphatic carbocycles. The molecule has 1 fully saturated rings. The summed E-state index contributed by atoms with van der Waals surface area (Å²) < 4.78 is 52.6. The highest BCUT2D eigenvalue weighted by Crippen LogP contribution is 2.34. The van der Waals surface area contributed by atoms with Gasteiger partial charge in [-0.05, 0) is 47.3 Å². The van der Waals surface area contributed by atoms with Crippen LogP contribution in [0.3, 0.4) is 0 Å². The van der Waals surface area contributed by atoms with Gasteiger partial charge in [-0.15, -0.1) is 0 Å². The summed E-state index contributed by atoms with van der Waals surface area (Å²) in [6, 6.07) is 0.175. The molecule has 1 aliphatic heterocycles. The number of hydrogen-bond acceptors (Lipinski definition) is 1. The molecule has 2 nitrogen and oxygen atoms in total. The summed E-state index contributed by atoms with van der Waals surface area (Å²) in [6.45, 7) is -0.0168. The summed E-state index contributed by atoms with van der Waals surface area (Å²) in [5.41, 5.74) is -0.256. The van der Waals surface area contributed by atoms with E-state index in [1.165, 1.54) is 0 Å². The molecule has 0 saturated carbocycles. The zero-order valence-electron chi connectivity index (χ0n) is 10.7. The zero-order chi connectivity index (χ0) is 15.8. The molecule has 0 spiro atoms. The van der Waals surface area contributed by atoms with Crippen molar-refractivity contribution in [1.82, 2.24) is 4.90 Å². The van der Waals surface area contributed by atoms with Crippen LogP contribution in [0.5, 0.6) is 0 Å². The van der Waals surface area contributed by atoms with Crippen molar-refractivity contribution in [2.24, 2.45) is 0 Å². The second-order valence-electron chi connectivity index (χ2n) is 4.80. The number of likely N-dealkylation sites (tertiary alicyclic amines) is 1. The van der Waals surface area contributed by atoms with Gasteiger partial charge in [0, 0.05) is 6.54 Å². The quantitative estimate of drug-likeness (QED) is 0.500. The van der Waals surface area contributed by atoms with Gasteiger partial charge in [0.2, 0.25) is 0 Å². The second-order valence-corrected chi connectivity index (χ2v) is 6.06. The van der Waals surface area contributed by atoms with Gasteiger partial charge in [0.15, 0.2) is 0 Å². The van der Waals surface area contributed by atoms with Crippen LogP contribution in [0.15, 0.2) is 16.6 Å². The average Bonchev–Trinajstić information content (AvgIpc) is 2.41. The van der Waals surface area contributed by atoms with Gasteiger partial charge >= 0.3 is 6.18 Å². The molecular weight excluding hydrogens is 377 g/mol. The number of nitrogens with zero attached hydrogens (tertiary/aromatic N) is 1. The molecule has 0 aromatic heterocycles. The number of carbonyl (C=O) groups is 1. The number of piperidine rings is 1. The third kappa shape index (κ3) is 3.51. The molecule has 0 N–H and O–H groups in total. The van der Waals surface area contributed by atoms with Crippen molar-refractivity contribution in [3.05, 3.63) is 33.0 Å². The van der Waals surface area contributed by atoms with E-state index in [0.29, 0.717) is 12.8 Å². The average molecular weight is 389 g/mol. The van der Waals surface area contributed by atoms with Gasteiger partial charge in [0.25, 0.3) is 5.91 Å². The van der Waals surface area contributed by atoms with Crippen LogP contribution in [0.2, 0.25) is 5.02 Å². The molecule has 21 heavy (non-hydrogen) atoms. The Bertz CT molecular complexity index is 564. The lowest BCUT2D eigenvalue weighted by Crippen LogP contribution is -2.51. The number of rotatable bonds is 1. The number of amides is 1. The highest BCUT2D eigenvalue weighted by atomic mass is 79.9. The van der Waals surface area contributed by atoms with Crippen molar-refractivity contribution in [3.63, 3.8) is 0 Å². The summed E-state index contributed by atoms with van der Waals surface area (Å²) in [5.74, 6) is -1.64. The van der Waals surface area contributed by atoms with E-state index < -0.39 is 23.9 Å². The van der Waals surface area contributed by atoms with Crippen LogP contribution in [0.25, 0.3) is 0 Å². The normalized spacial score (nSPS) is 19.7. The van der Waals surface area contributed by atoms with Crippen LogP contribution in [-0.2, 0) is 0 Å². The number of halogens is 6. The fourth-order valence-corrected chi connectivity index (χ4v) is 3.08. The predicted octanol–water partition coefficient (Wildman–Crippen LogP) is 4.80. The van der Waals surface area contributed by atoms with E-state index in [2.05, 4.69) is 15.9 Å². The van der Waals surface area contributed by atoms with Crippen LogP contribution < -0.4 is 0 Å². The molecule has 1 aromatic rings. The van der Waals surface area contributed by atoms with Gasteiger partial charge in [-0.3, -0.25) is 4.79 Å². The molecule has 116 valence electrons. The summed E-state index contributed by atoms with van der Waals surface area (Å²) in [7, 11) is 0. The number of alkyl halides is 3. The van der Waals surface area contributed by atoms with Crippen molar-refractivity contribution in [3.8, 4) is 0 Å². The van der Waals surface area contributed by atoms with E-state index in [1.807, 2.05) is 0 Å². The van der Waals surface area contributed by atoms with Crippen LogP contribution in [-0.4, -0.2) is 29.6 Å². The Morgan fingerprint density at radius 3 is 2.62 bits per heavy atom. The molecule has 0 bridgehead atoms. The van der Waals surface area contributed by atoms with Crippen LogP contribution in [0.1, 0.15) is 29.6 Å². The van der Waals surface area contributed by atoms with E-state index in [0.717, 1.165) is 17.0 Å². The number of carbonyl (C=O) groups excluding carboxylic acids is 1. The van der Waals surface area contributed by atoms with E-state index in [1.54, 1.807) is 0 Å². The standard InChI is InChI=1S/C13H11BrClF4NO/c14-8-6-9(15)7(5-10(8)16)12(21)20-4-2-1-3-11(20)13(17,18)19/h5-6,11H,1-4H2. The third-order valence-electron chi connectivity index (χ3n) is 3.38. The molecular formula is C13H11BrClF4NO. The van der Waals surface area contributed by atoms with E-state index in [-0.39, 0.29) is 28.0 Å². The molecule has 1 amide bonds. The Hall–Kier alpha value is -0.820. The maximum atomic E-state index is 13.5. The Morgan fingerprint density at radius 1 is 1.33 bits per heavy atom. The summed E-state index contributed by atoms with van der Waals surface area (Å²) >= 11 is 8.76. The second kappa shape index (κ2) is 6.12. The lowest BCUT2D eigenvalue weighted by Gasteiger charge is -2.37. The van der Waals surface area contributed by atoms with Crippen LogP contribution in [0, 0.1) is 5.82 Å². The number of hydrogen-bond donors (Lipinski definition) is 0. The predicted molar refractivity (Wildman–Crippen MR) is 73.8 cm³/mol. The minimum atomic E-state index is -4.50. The third-order valence-corrected chi connectivity index (χ3v) is 4.30. The summed E-state index contributed by atoms with van der Waals surface area (Å²) in [6.07, 6.45) is -3.77. The highest BCUT2D eigenvalue weighted by Gasteiger charge is 2.46. The first-order valence-corrected chi connectivity index (χ1v) is 7.41. The molecule has 1 aromatic carbocycles. The lowest BCUT2D eigenvalue weighted by atomic mass is 10.0. The van der Waals surface area contributed by atoms with Gasteiger partial charge < -0.3 is 4.90 Å². The molecule has 1 unspecified atom stereocenters. The first kappa shape index (κ1) is 16.5. The van der Waals surface area contributed by atoms with Crippen molar-refractivity contribution in [2.75, 3.05) is 6.54 Å². The van der Waals surface area contributed by atoms with Gasteiger partial charge in [-0.25, -0.2) is 4.39 Å². The van der Waals surface area contributed by atoms with Crippen molar-refractivity contribution < 1.29 is 22.4 Å². The lowest BCUT2D eigenvalue weighted by molar-refractivity contribution is -0.183. The minimum Gasteiger partial charge on any atom is -0.326 e. The maximum Gasteiger partial charge on any atom is 0.408 e. The van der Waals surface area contributed by atoms with Gasteiger partial charge in [-0.1, -0.05) is 11.6 Å². The molecule has 8 heteroatoms. The first-order chi connectivity index (χ1) is 9.71. The Labute approximate surface area is 132 Å². The largest absolute Gasteiger partial charge is 0.408 e. The van der Waals surface area contributed by atoms with Crippen LogP contribution >= 0.6 is 27.5 Å². The Kier molecular flexibility index (Phi) is 4.82. The fraction of sp³-hybridized carbons (Fsp3) is 0.462. The van der Waals surface area contributed by atoms with E-state index in [4.69, 9.17) is 11.6 Å². The zero-order valence-corrected chi connectivity index (χ0v) is 13.0. The fourth-order valence-electron chi connectivity index (χ4n) is 2.36. The molecule has 1 saturated heterocycles. The van der Waals surface area contributed by atoms with Gasteiger partial charge in [0.1, 0.15) is 11.9 Å². The Morgan fingerprint density at radius 2 is 2.00 bits per heavy atom. The highest BCUT2D eigenvalue weighted by molar-refractivity contribution is 9.10. The molecule has 2 rings (SSSR count). The molecule has 1 atom stereocenters. The van der Waals surface area contributed by atoms with Gasteiger partial charge in [-0.2, -0.15) is 13.2 Å². The smallest absolute Gasteiger partial charge is 0.326 e. The maximum absolute atomic E-state index is 13.5. The van der Waals surface area contributed by atoms with E-state index in [9.17, 15) is 22.4 Å². The van der Waals surface area contributed by atoms with Crippen LogP contribution in [0.4, 0.5) is 17.6 Å². The SMILES string of the molecule is O=C(c1cc(F)c(Br)cc1Cl)N1CCCCC1C(F)(F)F. The number of benzene rings is 1. The molecule has 1 aliphatic rings. The monoisotopic (exact) mass is 387 g/mol. The van der Waals surface area contributed by atoms with Crippen molar-refractivity contribution in [2.45, 2.75) is 31.5 Å². The van der Waals surface area contributed by atoms with Gasteiger partial charge in [0.05, 0.1) is 15.1 Å². The minimum absolute atomic E-state index is 0.0168. The summed E-state index contributed by atoms with van der Waals surface area (Å²) in [4.78, 5) is 13.0. The van der Waals surface area contributed by atoms with E-state index >= 15 is 0 Å². The van der Waals surface area contributed by atoms with Crippen molar-refractivity contribution in [1.29, 1.82) is 0 Å². The molecule has 0 radical (unpaired) electrons. The summed E-state index contributed by atoms with van der Waals surface area (Å²) in [5, 5.41) is -0.0835. The first-order valence-electron chi connectivity index (χ1n) is 6.24. The molecule has 1 heterocycles. The Balaban J connectivity index is 2.36.